The van der Waals surface area contributed by atoms with Crippen LogP contribution < -0.4 is 0 Å². The van der Waals surface area contributed by atoms with Crippen LogP contribution in [-0.2, 0) is 18.9 Å². The molecule has 0 heterocycles. The molecule has 0 bridgehead atoms. The average molecular weight is 454 g/mol. The topological polar surface area (TPSA) is 36.9 Å². The van der Waals surface area contributed by atoms with Gasteiger partial charge in [-0.15, -0.1) is 0 Å². The first-order valence-electron chi connectivity index (χ1n) is 11.3. The van der Waals surface area contributed by atoms with E-state index in [1.165, 1.54) is 64.2 Å². The summed E-state index contributed by atoms with van der Waals surface area (Å²) in [5.74, 6) is 0. The molecule has 0 unspecified atom stereocenters. The Hall–Kier alpha value is 0.320. The van der Waals surface area contributed by atoms with Crippen LogP contribution in [0.2, 0.25) is 0 Å². The van der Waals surface area contributed by atoms with E-state index in [1.807, 2.05) is 0 Å². The lowest BCUT2D eigenvalue weighted by atomic mass is 10.1. The van der Waals surface area contributed by atoms with Crippen molar-refractivity contribution in [3.8, 4) is 0 Å². The number of alkyl halides is 1. The van der Waals surface area contributed by atoms with Gasteiger partial charge in [-0.2, -0.15) is 0 Å². The molecule has 0 aliphatic rings. The summed E-state index contributed by atoms with van der Waals surface area (Å²) in [5.41, 5.74) is 0. The number of halogens is 1. The van der Waals surface area contributed by atoms with Crippen LogP contribution in [0, 0.1) is 0 Å². The third-order valence-electron chi connectivity index (χ3n) is 4.43. The Morgan fingerprint density at radius 1 is 0.407 bits per heavy atom. The predicted molar refractivity (Wildman–Crippen MR) is 118 cm³/mol. The number of hydrogen-bond donors (Lipinski definition) is 0. The maximum Gasteiger partial charge on any atom is 0.0701 e. The van der Waals surface area contributed by atoms with Crippen LogP contribution in [-0.4, -0.2) is 58.2 Å². The smallest absolute Gasteiger partial charge is 0.0701 e. The molecule has 0 aliphatic carbocycles. The molecular formula is C22H45BrO4. The van der Waals surface area contributed by atoms with Gasteiger partial charge in [0.15, 0.2) is 0 Å². The summed E-state index contributed by atoms with van der Waals surface area (Å²) in [5, 5.41) is 1.05. The second kappa shape index (κ2) is 26.3. The summed E-state index contributed by atoms with van der Waals surface area (Å²) in [6.45, 7) is 7.88. The molecule has 0 N–H and O–H groups in total. The van der Waals surface area contributed by atoms with Crippen molar-refractivity contribution >= 4 is 15.9 Å². The third-order valence-corrected chi connectivity index (χ3v) is 4.99. The molecule has 5 heteroatoms. The molecule has 0 aromatic carbocycles. The first kappa shape index (κ1) is 27.3. The lowest BCUT2D eigenvalue weighted by Crippen LogP contribution is -2.12. The van der Waals surface area contributed by atoms with E-state index in [9.17, 15) is 0 Å². The maximum atomic E-state index is 5.61. The summed E-state index contributed by atoms with van der Waals surface area (Å²) in [7, 11) is 0. The summed E-state index contributed by atoms with van der Waals surface area (Å²) in [4.78, 5) is 0. The van der Waals surface area contributed by atoms with Gasteiger partial charge in [0.25, 0.3) is 0 Å². The number of rotatable bonds is 24. The second-order valence-electron chi connectivity index (χ2n) is 7.03. The maximum absolute atomic E-state index is 5.61. The summed E-state index contributed by atoms with van der Waals surface area (Å²) >= 11 is 3.41. The molecule has 27 heavy (non-hydrogen) atoms. The Kier molecular flexibility index (Phi) is 26.6. The van der Waals surface area contributed by atoms with Crippen LogP contribution in [0.1, 0.15) is 84.0 Å². The molecular weight excluding hydrogens is 408 g/mol. The molecule has 0 aromatic rings. The lowest BCUT2D eigenvalue weighted by Gasteiger charge is -2.07. The highest BCUT2D eigenvalue weighted by Gasteiger charge is 1.95. The van der Waals surface area contributed by atoms with Crippen LogP contribution in [0.3, 0.4) is 0 Å². The molecule has 0 rings (SSSR count). The van der Waals surface area contributed by atoms with Crippen LogP contribution in [0.25, 0.3) is 0 Å². The fourth-order valence-electron chi connectivity index (χ4n) is 2.75. The summed E-state index contributed by atoms with van der Waals surface area (Å²) < 4.78 is 22.0. The fourth-order valence-corrected chi connectivity index (χ4v) is 3.15. The quantitative estimate of drug-likeness (QED) is 0.130. The molecule has 0 atom stereocenters. The van der Waals surface area contributed by atoms with Gasteiger partial charge in [0.1, 0.15) is 0 Å². The van der Waals surface area contributed by atoms with Crippen LogP contribution >= 0.6 is 15.9 Å². The number of unbranched alkanes of at least 4 members (excludes halogenated alkanes) is 10. The van der Waals surface area contributed by atoms with Crippen molar-refractivity contribution in [2.24, 2.45) is 0 Å². The zero-order valence-corrected chi connectivity index (χ0v) is 19.4. The minimum absolute atomic E-state index is 0.628. The van der Waals surface area contributed by atoms with Crippen molar-refractivity contribution < 1.29 is 18.9 Å². The van der Waals surface area contributed by atoms with Crippen molar-refractivity contribution in [2.75, 3.05) is 58.2 Å². The van der Waals surface area contributed by atoms with E-state index in [0.717, 1.165) is 31.4 Å². The molecule has 164 valence electrons. The average Bonchev–Trinajstić information content (AvgIpc) is 2.68. The van der Waals surface area contributed by atoms with E-state index in [0.29, 0.717) is 39.6 Å². The van der Waals surface area contributed by atoms with Crippen molar-refractivity contribution in [3.63, 3.8) is 0 Å². The monoisotopic (exact) mass is 452 g/mol. The van der Waals surface area contributed by atoms with Crippen LogP contribution in [0.15, 0.2) is 0 Å². The number of ether oxygens (including phenoxy) is 4. The van der Waals surface area contributed by atoms with E-state index < -0.39 is 0 Å². The predicted octanol–water partition coefficient (Wildman–Crippen LogP) is 6.15. The minimum atomic E-state index is 0.628. The Balaban J connectivity index is 2.95. The van der Waals surface area contributed by atoms with Gasteiger partial charge >= 0.3 is 0 Å². The van der Waals surface area contributed by atoms with Gasteiger partial charge in [-0.05, 0) is 19.3 Å². The Bertz CT molecular complexity index is 230. The van der Waals surface area contributed by atoms with Crippen LogP contribution in [0.5, 0.6) is 0 Å². The van der Waals surface area contributed by atoms with Gasteiger partial charge in [-0.1, -0.05) is 80.6 Å². The first-order chi connectivity index (χ1) is 13.4. The number of hydrogen-bond acceptors (Lipinski definition) is 4. The Morgan fingerprint density at radius 3 is 1.15 bits per heavy atom. The fraction of sp³-hybridized carbons (Fsp3) is 1.00. The second-order valence-corrected chi connectivity index (χ2v) is 7.82. The van der Waals surface area contributed by atoms with E-state index >= 15 is 0 Å². The van der Waals surface area contributed by atoms with E-state index in [-0.39, 0.29) is 0 Å². The highest BCUT2D eigenvalue weighted by atomic mass is 79.9. The molecule has 0 saturated carbocycles. The Labute approximate surface area is 177 Å². The molecule has 0 fully saturated rings. The standard InChI is InChI=1S/C22H45BrO4/c1-2-3-4-5-6-7-8-9-10-12-15-24-17-19-26-21-22-27-20-18-25-16-13-11-14-23/h2-22H2,1H3. The summed E-state index contributed by atoms with van der Waals surface area (Å²) in [6, 6.07) is 0. The van der Waals surface area contributed by atoms with E-state index in [1.54, 1.807) is 0 Å². The minimum Gasteiger partial charge on any atom is -0.379 e. The van der Waals surface area contributed by atoms with Crippen molar-refractivity contribution in [1.82, 2.24) is 0 Å². The van der Waals surface area contributed by atoms with Gasteiger partial charge < -0.3 is 18.9 Å². The van der Waals surface area contributed by atoms with Gasteiger partial charge in [-0.3, -0.25) is 0 Å². The molecule has 0 amide bonds. The molecule has 0 saturated heterocycles. The first-order valence-corrected chi connectivity index (χ1v) is 12.4. The van der Waals surface area contributed by atoms with Gasteiger partial charge in [-0.25, -0.2) is 0 Å². The van der Waals surface area contributed by atoms with Gasteiger partial charge in [0.2, 0.25) is 0 Å². The van der Waals surface area contributed by atoms with Gasteiger partial charge in [0.05, 0.1) is 39.6 Å². The molecule has 0 aromatic heterocycles. The largest absolute Gasteiger partial charge is 0.379 e. The normalized spacial score (nSPS) is 11.3. The molecule has 0 spiro atoms. The Morgan fingerprint density at radius 2 is 0.741 bits per heavy atom. The summed E-state index contributed by atoms with van der Waals surface area (Å²) in [6.07, 6.45) is 15.9. The molecule has 4 nitrogen and oxygen atoms in total. The van der Waals surface area contributed by atoms with Crippen LogP contribution in [0.4, 0.5) is 0 Å². The van der Waals surface area contributed by atoms with E-state index in [2.05, 4.69) is 22.9 Å². The van der Waals surface area contributed by atoms with Crippen molar-refractivity contribution in [2.45, 2.75) is 84.0 Å². The zero-order valence-electron chi connectivity index (χ0n) is 17.9. The third kappa shape index (κ3) is 26.3. The van der Waals surface area contributed by atoms with E-state index in [4.69, 9.17) is 18.9 Å². The SMILES string of the molecule is CCCCCCCCCCCCOCCOCCOCCOCCCCBr. The lowest BCUT2D eigenvalue weighted by molar-refractivity contribution is -0.00236. The highest BCUT2D eigenvalue weighted by Crippen LogP contribution is 2.10. The van der Waals surface area contributed by atoms with Gasteiger partial charge in [0, 0.05) is 18.5 Å². The molecule has 0 radical (unpaired) electrons. The van der Waals surface area contributed by atoms with Crippen molar-refractivity contribution in [1.29, 1.82) is 0 Å². The highest BCUT2D eigenvalue weighted by molar-refractivity contribution is 9.09. The molecule has 0 aliphatic heterocycles. The zero-order chi connectivity index (χ0) is 19.7. The van der Waals surface area contributed by atoms with Crippen molar-refractivity contribution in [3.05, 3.63) is 0 Å².